The maximum Gasteiger partial charge on any atom is 0.243 e. The first-order valence-electron chi connectivity index (χ1n) is 11.7. The topological polar surface area (TPSA) is 49.4 Å². The Morgan fingerprint density at radius 1 is 0.857 bits per heavy atom. The summed E-state index contributed by atoms with van der Waals surface area (Å²) >= 11 is 18.4. The van der Waals surface area contributed by atoms with Crippen LogP contribution >= 0.6 is 34.8 Å². The number of nitrogens with zero attached hydrogens (tertiary/aromatic N) is 1. The third kappa shape index (κ3) is 8.28. The summed E-state index contributed by atoms with van der Waals surface area (Å²) in [4.78, 5) is 28.7. The van der Waals surface area contributed by atoms with Crippen LogP contribution in [0.3, 0.4) is 0 Å². The molecule has 3 aromatic rings. The van der Waals surface area contributed by atoms with Gasteiger partial charge >= 0.3 is 0 Å². The number of unbranched alkanes of at least 4 members (excludes halogenated alkanes) is 1. The lowest BCUT2D eigenvalue weighted by atomic mass is 10.0. The standard InChI is InChI=1S/C28H29Cl3N2O2/c1-2-3-14-32-28(35)26(17-20-8-5-4-6-9-20)33(19-22-10-7-11-23(29)15-22)27(34)18-21-12-13-24(30)25(31)16-21/h4-13,15-16,26H,2-3,14,17-19H2,1H3,(H,32,35)/t26-/m0/s1. The molecule has 3 aromatic carbocycles. The summed E-state index contributed by atoms with van der Waals surface area (Å²) in [5.41, 5.74) is 2.55. The van der Waals surface area contributed by atoms with Gasteiger partial charge in [-0.3, -0.25) is 9.59 Å². The number of benzene rings is 3. The molecule has 3 rings (SSSR count). The van der Waals surface area contributed by atoms with Gasteiger partial charge in [-0.05, 0) is 47.4 Å². The van der Waals surface area contributed by atoms with Crippen LogP contribution in [0.15, 0.2) is 72.8 Å². The minimum atomic E-state index is -0.691. The molecule has 0 aliphatic carbocycles. The molecule has 35 heavy (non-hydrogen) atoms. The molecule has 0 heterocycles. The number of carbonyl (C=O) groups is 2. The van der Waals surface area contributed by atoms with Crippen molar-refractivity contribution < 1.29 is 9.59 Å². The van der Waals surface area contributed by atoms with Crippen molar-refractivity contribution in [2.24, 2.45) is 0 Å². The molecule has 184 valence electrons. The minimum absolute atomic E-state index is 0.0883. The molecule has 4 nitrogen and oxygen atoms in total. The van der Waals surface area contributed by atoms with E-state index in [0.717, 1.165) is 29.5 Å². The molecule has 0 aliphatic rings. The predicted molar refractivity (Wildman–Crippen MR) is 144 cm³/mol. The lowest BCUT2D eigenvalue weighted by Gasteiger charge is -2.32. The van der Waals surface area contributed by atoms with E-state index >= 15 is 0 Å². The molecule has 2 amide bonds. The highest BCUT2D eigenvalue weighted by Gasteiger charge is 2.30. The molecule has 0 spiro atoms. The van der Waals surface area contributed by atoms with Crippen LogP contribution in [0.2, 0.25) is 15.1 Å². The zero-order chi connectivity index (χ0) is 25.2. The lowest BCUT2D eigenvalue weighted by molar-refractivity contribution is -0.140. The summed E-state index contributed by atoms with van der Waals surface area (Å²) in [6.45, 7) is 2.88. The molecule has 7 heteroatoms. The maximum atomic E-state index is 13.7. The minimum Gasteiger partial charge on any atom is -0.354 e. The number of rotatable bonds is 11. The summed E-state index contributed by atoms with van der Waals surface area (Å²) in [6.07, 6.45) is 2.32. The van der Waals surface area contributed by atoms with Crippen molar-refractivity contribution in [3.8, 4) is 0 Å². The number of carbonyl (C=O) groups excluding carboxylic acids is 2. The average Bonchev–Trinajstić information content (AvgIpc) is 2.84. The van der Waals surface area contributed by atoms with Crippen molar-refractivity contribution in [2.45, 2.75) is 45.2 Å². The van der Waals surface area contributed by atoms with E-state index in [1.807, 2.05) is 48.5 Å². The van der Waals surface area contributed by atoms with Gasteiger partial charge in [0.2, 0.25) is 11.8 Å². The fourth-order valence-electron chi connectivity index (χ4n) is 3.82. The molecule has 1 atom stereocenters. The highest BCUT2D eigenvalue weighted by Crippen LogP contribution is 2.24. The maximum absolute atomic E-state index is 13.7. The van der Waals surface area contributed by atoms with Gasteiger partial charge in [0.15, 0.2) is 0 Å². The monoisotopic (exact) mass is 530 g/mol. The molecule has 1 N–H and O–H groups in total. The zero-order valence-electron chi connectivity index (χ0n) is 19.6. The Hall–Kier alpha value is -2.53. The molecule has 0 saturated carbocycles. The van der Waals surface area contributed by atoms with E-state index in [0.29, 0.717) is 28.0 Å². The summed E-state index contributed by atoms with van der Waals surface area (Å²) in [5.74, 6) is -0.359. The van der Waals surface area contributed by atoms with Crippen molar-refractivity contribution in [3.63, 3.8) is 0 Å². The largest absolute Gasteiger partial charge is 0.354 e. The second-order valence-corrected chi connectivity index (χ2v) is 9.68. The molecule has 0 aliphatic heterocycles. The van der Waals surface area contributed by atoms with Gasteiger partial charge < -0.3 is 10.2 Å². The van der Waals surface area contributed by atoms with Crippen LogP contribution in [-0.4, -0.2) is 29.3 Å². The van der Waals surface area contributed by atoms with Crippen LogP contribution in [0.25, 0.3) is 0 Å². The SMILES string of the molecule is CCCCNC(=O)[C@H](Cc1ccccc1)N(Cc1cccc(Cl)c1)C(=O)Cc1ccc(Cl)c(Cl)c1. The first-order valence-corrected chi connectivity index (χ1v) is 12.8. The van der Waals surface area contributed by atoms with E-state index in [9.17, 15) is 9.59 Å². The Morgan fingerprint density at radius 2 is 1.60 bits per heavy atom. The third-order valence-corrected chi connectivity index (χ3v) is 6.66. The molecule has 0 bridgehead atoms. The van der Waals surface area contributed by atoms with E-state index in [1.165, 1.54) is 0 Å². The van der Waals surface area contributed by atoms with Gasteiger partial charge in [-0.1, -0.05) is 96.7 Å². The van der Waals surface area contributed by atoms with E-state index in [2.05, 4.69) is 12.2 Å². The van der Waals surface area contributed by atoms with Crippen molar-refractivity contribution in [1.82, 2.24) is 10.2 Å². The summed E-state index contributed by atoms with van der Waals surface area (Å²) < 4.78 is 0. The molecular weight excluding hydrogens is 503 g/mol. The molecule has 0 unspecified atom stereocenters. The van der Waals surface area contributed by atoms with Gasteiger partial charge in [0.1, 0.15) is 6.04 Å². The van der Waals surface area contributed by atoms with E-state index in [-0.39, 0.29) is 24.8 Å². The Kier molecular flexibility index (Phi) is 10.5. The number of hydrogen-bond acceptors (Lipinski definition) is 2. The molecule has 0 fully saturated rings. The van der Waals surface area contributed by atoms with Crippen molar-refractivity contribution >= 4 is 46.6 Å². The van der Waals surface area contributed by atoms with Crippen LogP contribution in [0.1, 0.15) is 36.5 Å². The number of halogens is 3. The second kappa shape index (κ2) is 13.5. The summed E-state index contributed by atoms with van der Waals surface area (Å²) in [6, 6.07) is 21.5. The molecule has 0 aromatic heterocycles. The summed E-state index contributed by atoms with van der Waals surface area (Å²) in [7, 11) is 0. The second-order valence-electron chi connectivity index (χ2n) is 8.43. The summed E-state index contributed by atoms with van der Waals surface area (Å²) in [5, 5.41) is 4.41. The van der Waals surface area contributed by atoms with Gasteiger partial charge in [-0.2, -0.15) is 0 Å². The van der Waals surface area contributed by atoms with Gasteiger partial charge in [0.25, 0.3) is 0 Å². The normalized spacial score (nSPS) is 11.7. The average molecular weight is 532 g/mol. The Labute approximate surface area is 222 Å². The first kappa shape index (κ1) is 27.1. The lowest BCUT2D eigenvalue weighted by Crippen LogP contribution is -2.51. The fourth-order valence-corrected chi connectivity index (χ4v) is 4.35. The van der Waals surface area contributed by atoms with Crippen LogP contribution < -0.4 is 5.32 Å². The van der Waals surface area contributed by atoms with Crippen LogP contribution in [0, 0.1) is 0 Å². The number of hydrogen-bond donors (Lipinski definition) is 1. The molecular formula is C28H29Cl3N2O2. The van der Waals surface area contributed by atoms with Crippen molar-refractivity contribution in [1.29, 1.82) is 0 Å². The predicted octanol–water partition coefficient (Wildman–Crippen LogP) is 6.75. The van der Waals surface area contributed by atoms with E-state index in [1.54, 1.807) is 29.2 Å². The van der Waals surface area contributed by atoms with E-state index in [4.69, 9.17) is 34.8 Å². The highest BCUT2D eigenvalue weighted by atomic mass is 35.5. The van der Waals surface area contributed by atoms with Crippen molar-refractivity contribution in [2.75, 3.05) is 6.54 Å². The van der Waals surface area contributed by atoms with Gasteiger partial charge in [0.05, 0.1) is 16.5 Å². The van der Waals surface area contributed by atoms with Crippen LogP contribution in [0.4, 0.5) is 0 Å². The Bertz CT molecular complexity index is 1140. The smallest absolute Gasteiger partial charge is 0.243 e. The number of amides is 2. The first-order chi connectivity index (χ1) is 16.9. The zero-order valence-corrected chi connectivity index (χ0v) is 21.9. The van der Waals surface area contributed by atoms with Gasteiger partial charge in [0, 0.05) is 24.5 Å². The quantitative estimate of drug-likeness (QED) is 0.278. The van der Waals surface area contributed by atoms with Crippen LogP contribution in [0.5, 0.6) is 0 Å². The molecule has 0 radical (unpaired) electrons. The van der Waals surface area contributed by atoms with Crippen LogP contribution in [-0.2, 0) is 29.0 Å². The van der Waals surface area contributed by atoms with Gasteiger partial charge in [-0.15, -0.1) is 0 Å². The number of nitrogens with one attached hydrogen (secondary N) is 1. The van der Waals surface area contributed by atoms with E-state index < -0.39 is 6.04 Å². The van der Waals surface area contributed by atoms with Gasteiger partial charge in [-0.25, -0.2) is 0 Å². The molecule has 0 saturated heterocycles. The highest BCUT2D eigenvalue weighted by molar-refractivity contribution is 6.42. The Balaban J connectivity index is 1.95. The Morgan fingerprint density at radius 3 is 2.29 bits per heavy atom. The third-order valence-electron chi connectivity index (χ3n) is 5.68. The fraction of sp³-hybridized carbons (Fsp3) is 0.286. The van der Waals surface area contributed by atoms with Crippen molar-refractivity contribution in [3.05, 3.63) is 105 Å².